The summed E-state index contributed by atoms with van der Waals surface area (Å²) in [6.45, 7) is 5.83. The summed E-state index contributed by atoms with van der Waals surface area (Å²) in [5, 5.41) is 10.4. The number of rotatable bonds is 19. The average molecular weight is 1090 g/mol. The van der Waals surface area contributed by atoms with Gasteiger partial charge in [-0.2, -0.15) is 11.8 Å². The zero-order valence-corrected chi connectivity index (χ0v) is 45.0. The van der Waals surface area contributed by atoms with Crippen LogP contribution in [0.15, 0.2) is 191 Å². The van der Waals surface area contributed by atoms with Crippen LogP contribution in [0.5, 0.6) is 0 Å². The van der Waals surface area contributed by atoms with E-state index in [1.165, 1.54) is 16.7 Å². The zero-order chi connectivity index (χ0) is 53.2. The fourth-order valence-corrected chi connectivity index (χ4v) is 12.0. The van der Waals surface area contributed by atoms with Crippen LogP contribution in [0.4, 0.5) is 9.93 Å². The highest BCUT2D eigenvalue weighted by Gasteiger charge is 2.54. The van der Waals surface area contributed by atoms with Gasteiger partial charge in [-0.15, -0.1) is 0 Å². The third-order valence-corrected chi connectivity index (χ3v) is 15.8. The van der Waals surface area contributed by atoms with E-state index < -0.39 is 53.3 Å². The molecule has 0 bridgehead atoms. The number of carbonyl (C=O) groups excluding carboxylic acids is 4. The van der Waals surface area contributed by atoms with Gasteiger partial charge in [0.1, 0.15) is 27.4 Å². The fourth-order valence-electron chi connectivity index (χ4n) is 9.00. The van der Waals surface area contributed by atoms with Crippen LogP contribution in [-0.4, -0.2) is 74.4 Å². The summed E-state index contributed by atoms with van der Waals surface area (Å²) in [6, 6.07) is 47.5. The van der Waals surface area contributed by atoms with Crippen molar-refractivity contribution in [2.24, 2.45) is 5.16 Å². The molecule has 1 unspecified atom stereocenters. The molecule has 4 heterocycles. The molecule has 2 aromatic heterocycles. The summed E-state index contributed by atoms with van der Waals surface area (Å²) in [6.07, 6.45) is 2.90. The van der Waals surface area contributed by atoms with Gasteiger partial charge in [-0.05, 0) is 56.4 Å². The van der Waals surface area contributed by atoms with Crippen LogP contribution in [0.1, 0.15) is 78.8 Å². The number of alkyl carbamates (subject to hydrolysis) is 1. The third kappa shape index (κ3) is 12.1. The molecule has 1 fully saturated rings. The summed E-state index contributed by atoms with van der Waals surface area (Å²) >= 11 is 10.7. The lowest BCUT2D eigenvalue weighted by Crippen LogP contribution is -2.72. The summed E-state index contributed by atoms with van der Waals surface area (Å²) in [7, 11) is 0. The van der Waals surface area contributed by atoms with Crippen molar-refractivity contribution in [2.75, 3.05) is 18.0 Å². The molecule has 9 rings (SSSR count). The quantitative estimate of drug-likeness (QED) is 0.0174. The van der Waals surface area contributed by atoms with E-state index >= 15 is 4.79 Å². The van der Waals surface area contributed by atoms with Crippen LogP contribution in [0.25, 0.3) is 0 Å². The lowest BCUT2D eigenvalue weighted by molar-refractivity contribution is -0.158. The molecule has 18 heteroatoms. The predicted molar refractivity (Wildman–Crippen MR) is 299 cm³/mol. The Morgan fingerprint density at radius 2 is 1.41 bits per heavy atom. The van der Waals surface area contributed by atoms with E-state index in [0.29, 0.717) is 35.8 Å². The lowest BCUT2D eigenvalue weighted by atomic mass is 9.80. The number of benzene rings is 5. The fraction of sp³-hybridized carbons (Fsp3) is 0.224. The molecule has 76 heavy (non-hydrogen) atoms. The van der Waals surface area contributed by atoms with Crippen molar-refractivity contribution >= 4 is 81.2 Å². The first kappa shape index (κ1) is 53.4. The summed E-state index contributed by atoms with van der Waals surface area (Å²) in [5.41, 5.74) is 8.47. The Labute approximate surface area is 458 Å². The van der Waals surface area contributed by atoms with Crippen molar-refractivity contribution in [3.63, 3.8) is 0 Å². The smallest absolute Gasteiger partial charge is 0.407 e. The second kappa shape index (κ2) is 24.0. The van der Waals surface area contributed by atoms with Crippen LogP contribution >= 0.6 is 46.5 Å². The van der Waals surface area contributed by atoms with Gasteiger partial charge in [-0.25, -0.2) is 14.6 Å². The SMILES string of the molecule is CC(C)(C)OC(=O)NCCSCc1cnccc1SC1=C(C(=O)OC(c2ccccc2)c2ccccc2)N2C(=O)[C@H](NC(=O)/C(=N\OC(c3ccccc3)(c3ccccc3)c3ccccc3)c3nc(N)sc3Cl)C2CC1. The molecule has 0 spiro atoms. The molecule has 5 aromatic carbocycles. The number of β-lactam (4-membered cyclic amide) rings is 1. The molecule has 4 N–H and O–H groups in total. The van der Waals surface area contributed by atoms with Crippen molar-refractivity contribution < 1.29 is 33.5 Å². The number of nitrogens with two attached hydrogens (primary N) is 1. The van der Waals surface area contributed by atoms with E-state index in [0.717, 1.165) is 49.6 Å². The number of esters is 1. The number of hydrogen-bond donors (Lipinski definition) is 3. The summed E-state index contributed by atoms with van der Waals surface area (Å²) in [5.74, 6) is -0.882. The van der Waals surface area contributed by atoms with E-state index in [9.17, 15) is 14.4 Å². The number of thiazole rings is 1. The molecule has 2 atom stereocenters. The second-order valence-electron chi connectivity index (χ2n) is 18.7. The normalized spacial score (nSPS) is 15.6. The van der Waals surface area contributed by atoms with Crippen LogP contribution < -0.4 is 16.4 Å². The number of hydrogen-bond acceptors (Lipinski definition) is 14. The van der Waals surface area contributed by atoms with Crippen LogP contribution in [-0.2, 0) is 40.0 Å². The summed E-state index contributed by atoms with van der Waals surface area (Å²) < 4.78 is 11.9. The number of nitrogens with zero attached hydrogens (tertiary/aromatic N) is 4. The molecule has 2 aliphatic rings. The van der Waals surface area contributed by atoms with Crippen LogP contribution in [0.3, 0.4) is 0 Å². The molecular formula is C58H54ClN7O7S3. The largest absolute Gasteiger partial charge is 0.448 e. The highest BCUT2D eigenvalue weighted by atomic mass is 35.5. The highest BCUT2D eigenvalue weighted by Crippen LogP contribution is 2.46. The van der Waals surface area contributed by atoms with E-state index in [1.807, 2.05) is 178 Å². The van der Waals surface area contributed by atoms with Gasteiger partial charge in [0.25, 0.3) is 11.8 Å². The Kier molecular flexibility index (Phi) is 16.9. The number of anilines is 1. The molecule has 1 saturated heterocycles. The minimum Gasteiger partial charge on any atom is -0.448 e. The number of allylic oxidation sites excluding steroid dienone is 1. The van der Waals surface area contributed by atoms with Crippen LogP contribution in [0, 0.1) is 0 Å². The average Bonchev–Trinajstić information content (AvgIpc) is 3.79. The number of nitrogen functional groups attached to an aromatic ring is 1. The first-order chi connectivity index (χ1) is 36.8. The van der Waals surface area contributed by atoms with Crippen molar-refractivity contribution in [3.8, 4) is 0 Å². The maximum absolute atomic E-state index is 15.0. The number of ether oxygens (including phenoxy) is 2. The number of amides is 3. The predicted octanol–water partition coefficient (Wildman–Crippen LogP) is 11.1. The summed E-state index contributed by atoms with van der Waals surface area (Å²) in [4.78, 5) is 75.5. The van der Waals surface area contributed by atoms with E-state index in [1.54, 1.807) is 24.2 Å². The number of oxime groups is 1. The minimum absolute atomic E-state index is 0.0293. The molecule has 7 aromatic rings. The molecule has 0 saturated carbocycles. The van der Waals surface area contributed by atoms with Crippen molar-refractivity contribution in [2.45, 2.75) is 73.7 Å². The Bertz CT molecular complexity index is 3100. The number of halogens is 1. The maximum atomic E-state index is 15.0. The number of fused-ring (bicyclic) bond motifs is 1. The number of aromatic nitrogens is 2. The first-order valence-corrected chi connectivity index (χ1v) is 27.7. The molecule has 3 amide bonds. The topological polar surface area (TPSA) is 187 Å². The van der Waals surface area contributed by atoms with Gasteiger partial charge < -0.3 is 30.7 Å². The van der Waals surface area contributed by atoms with Crippen molar-refractivity contribution in [1.82, 2.24) is 25.5 Å². The molecular weight excluding hydrogens is 1040 g/mol. The number of nitrogens with one attached hydrogen (secondary N) is 2. The second-order valence-corrected chi connectivity index (χ2v) is 22.6. The molecule has 388 valence electrons. The first-order valence-electron chi connectivity index (χ1n) is 24.5. The van der Waals surface area contributed by atoms with Crippen LogP contribution in [0.2, 0.25) is 4.34 Å². The molecule has 2 aliphatic heterocycles. The maximum Gasteiger partial charge on any atom is 0.407 e. The van der Waals surface area contributed by atoms with Crippen molar-refractivity contribution in [3.05, 3.63) is 224 Å². The van der Waals surface area contributed by atoms with E-state index in [4.69, 9.17) is 31.6 Å². The zero-order valence-electron chi connectivity index (χ0n) is 41.8. The Hall–Kier alpha value is -7.44. The number of thioether (sulfide) groups is 2. The Morgan fingerprint density at radius 1 is 0.842 bits per heavy atom. The number of pyridine rings is 1. The van der Waals surface area contributed by atoms with E-state index in [2.05, 4.69) is 25.8 Å². The van der Waals surface area contributed by atoms with Gasteiger partial charge in [0.05, 0.1) is 6.04 Å². The minimum atomic E-state index is -1.38. The molecule has 14 nitrogen and oxygen atoms in total. The van der Waals surface area contributed by atoms with Gasteiger partial charge in [0, 0.05) is 56.9 Å². The highest BCUT2D eigenvalue weighted by molar-refractivity contribution is 8.03. The van der Waals surface area contributed by atoms with Gasteiger partial charge in [0.2, 0.25) is 5.60 Å². The lowest BCUT2D eigenvalue weighted by Gasteiger charge is -2.50. The third-order valence-electron chi connectivity index (χ3n) is 12.4. The molecule has 0 radical (unpaired) electrons. The van der Waals surface area contributed by atoms with Gasteiger partial charge >= 0.3 is 12.1 Å². The standard InChI is InChI=1S/C58H54ClN7O7S3/c1-57(2,3)72-56(70)62-33-34-74-36-39-35-61-32-31-44(39)75-45-30-29-43-46(53(68)66(43)49(45)54(69)71-50(37-19-9-4-10-20-37)38-21-11-5-12-22-38)63-52(67)48(47-51(59)76-55(60)64-47)65-73-58(40-23-13-6-14-24-40,41-25-15-7-16-26-41)42-27-17-8-18-28-42/h4-28,31-32,35,43,46,50H,29-30,33-34,36H2,1-3H3,(H2,60,64)(H,62,70)(H,63,67)/b65-48-/t43?,46-/m1/s1. The number of carbonyl (C=O) groups is 4. The van der Waals surface area contributed by atoms with Crippen molar-refractivity contribution in [1.29, 1.82) is 0 Å². The van der Waals surface area contributed by atoms with Gasteiger partial charge in [-0.3, -0.25) is 19.5 Å². The van der Waals surface area contributed by atoms with E-state index in [-0.39, 0.29) is 26.6 Å². The Morgan fingerprint density at radius 3 is 1.95 bits per heavy atom. The van der Waals surface area contributed by atoms with Gasteiger partial charge in [0.15, 0.2) is 16.9 Å². The van der Waals surface area contributed by atoms with Gasteiger partial charge in [-0.1, -0.05) is 192 Å². The Balaban J connectivity index is 1.03. The molecule has 0 aliphatic carbocycles. The monoisotopic (exact) mass is 1090 g/mol.